The van der Waals surface area contributed by atoms with Crippen molar-refractivity contribution in [2.75, 3.05) is 11.9 Å². The number of carbonyl (C=O) groups excluding carboxylic acids is 1. The van der Waals surface area contributed by atoms with Crippen molar-refractivity contribution in [3.63, 3.8) is 0 Å². The van der Waals surface area contributed by atoms with Crippen LogP contribution in [0.4, 0.5) is 5.69 Å². The smallest absolute Gasteiger partial charge is 0.226 e. The van der Waals surface area contributed by atoms with Gasteiger partial charge >= 0.3 is 0 Å². The van der Waals surface area contributed by atoms with Crippen LogP contribution < -0.4 is 15.4 Å². The summed E-state index contributed by atoms with van der Waals surface area (Å²) < 4.78 is 5.83. The predicted octanol–water partition coefficient (Wildman–Crippen LogP) is 4.70. The lowest BCUT2D eigenvalue weighted by Crippen LogP contribution is -2.34. The van der Waals surface area contributed by atoms with Gasteiger partial charge in [0.05, 0.1) is 6.61 Å². The first-order chi connectivity index (χ1) is 13.2. The van der Waals surface area contributed by atoms with Crippen LogP contribution in [0, 0.1) is 5.92 Å². The van der Waals surface area contributed by atoms with Crippen LogP contribution in [0.3, 0.4) is 0 Å². The Morgan fingerprint density at radius 1 is 1.07 bits per heavy atom. The Labute approximate surface area is 166 Å². The van der Waals surface area contributed by atoms with Crippen molar-refractivity contribution in [3.05, 3.63) is 60.2 Å². The van der Waals surface area contributed by atoms with Gasteiger partial charge in [0, 0.05) is 24.6 Å². The second-order valence-corrected chi connectivity index (χ2v) is 7.38. The van der Waals surface area contributed by atoms with Crippen LogP contribution in [0.25, 0.3) is 0 Å². The first-order valence-corrected chi connectivity index (χ1v) is 9.97. The quantitative estimate of drug-likeness (QED) is 0.682. The summed E-state index contributed by atoms with van der Waals surface area (Å²) in [4.78, 5) is 12.1. The van der Waals surface area contributed by atoms with Crippen LogP contribution in [0.2, 0.25) is 0 Å². The maximum Gasteiger partial charge on any atom is 0.226 e. The molecule has 4 nitrogen and oxygen atoms in total. The Kier molecular flexibility index (Phi) is 7.22. The Hall–Kier alpha value is -2.40. The van der Waals surface area contributed by atoms with E-state index < -0.39 is 0 Å². The summed E-state index contributed by atoms with van der Waals surface area (Å²) in [5.41, 5.74) is 2.05. The number of amides is 1. The van der Waals surface area contributed by atoms with Gasteiger partial charge in [-0.25, -0.2) is 0 Å². The highest BCUT2D eigenvalue weighted by atomic mass is 32.1. The van der Waals surface area contributed by atoms with Crippen molar-refractivity contribution in [3.8, 4) is 5.75 Å². The van der Waals surface area contributed by atoms with E-state index in [9.17, 15) is 4.79 Å². The summed E-state index contributed by atoms with van der Waals surface area (Å²) in [7, 11) is 0. The van der Waals surface area contributed by atoms with Crippen molar-refractivity contribution in [2.45, 2.75) is 38.5 Å². The van der Waals surface area contributed by atoms with E-state index >= 15 is 0 Å². The van der Waals surface area contributed by atoms with Crippen molar-refractivity contribution in [1.29, 1.82) is 0 Å². The van der Waals surface area contributed by atoms with Gasteiger partial charge in [0.25, 0.3) is 0 Å². The van der Waals surface area contributed by atoms with E-state index in [-0.39, 0.29) is 5.91 Å². The zero-order valence-electron chi connectivity index (χ0n) is 15.4. The number of ether oxygens (including phenoxy) is 1. The fourth-order valence-electron chi connectivity index (χ4n) is 3.41. The molecule has 142 valence electrons. The molecular weight excluding hydrogens is 356 g/mol. The molecule has 0 saturated heterocycles. The average Bonchev–Trinajstić information content (AvgIpc) is 3.15. The first-order valence-electron chi connectivity index (χ1n) is 9.56. The van der Waals surface area contributed by atoms with Gasteiger partial charge in [-0.2, -0.15) is 0 Å². The summed E-state index contributed by atoms with van der Waals surface area (Å²) >= 11 is 5.26. The molecule has 1 fully saturated rings. The topological polar surface area (TPSA) is 50.4 Å². The van der Waals surface area contributed by atoms with E-state index in [1.54, 1.807) is 0 Å². The third kappa shape index (κ3) is 6.68. The molecule has 1 aliphatic carbocycles. The molecule has 5 heteroatoms. The van der Waals surface area contributed by atoms with Gasteiger partial charge in [-0.1, -0.05) is 49.2 Å². The second-order valence-electron chi connectivity index (χ2n) is 6.97. The molecule has 0 radical (unpaired) electrons. The molecule has 1 saturated carbocycles. The van der Waals surface area contributed by atoms with E-state index in [0.29, 0.717) is 24.1 Å². The van der Waals surface area contributed by atoms with Gasteiger partial charge in [0.1, 0.15) is 5.75 Å². The fourth-order valence-corrected chi connectivity index (χ4v) is 3.64. The van der Waals surface area contributed by atoms with Gasteiger partial charge in [0.15, 0.2) is 5.11 Å². The largest absolute Gasteiger partial charge is 0.493 e. The van der Waals surface area contributed by atoms with Crippen molar-refractivity contribution in [1.82, 2.24) is 5.32 Å². The minimum absolute atomic E-state index is 0.00494. The van der Waals surface area contributed by atoms with Crippen molar-refractivity contribution < 1.29 is 9.53 Å². The first kappa shape index (κ1) is 19.4. The van der Waals surface area contributed by atoms with Gasteiger partial charge in [-0.15, -0.1) is 0 Å². The highest BCUT2D eigenvalue weighted by Crippen LogP contribution is 2.27. The van der Waals surface area contributed by atoms with E-state index in [1.165, 1.54) is 18.4 Å². The Morgan fingerprint density at radius 3 is 2.63 bits per heavy atom. The fraction of sp³-hybridized carbons (Fsp3) is 0.364. The van der Waals surface area contributed by atoms with Crippen LogP contribution in [0.15, 0.2) is 54.6 Å². The number of rotatable bonds is 7. The van der Waals surface area contributed by atoms with Crippen LogP contribution in [-0.2, 0) is 11.2 Å². The van der Waals surface area contributed by atoms with Crippen molar-refractivity contribution in [2.24, 2.45) is 5.92 Å². The molecule has 0 spiro atoms. The monoisotopic (exact) mass is 382 g/mol. The molecule has 0 unspecified atom stereocenters. The SMILES string of the molecule is O=C(CC1CCCC1)NC(=S)Nc1cccc(OCCc2ccccc2)c1. The Balaban J connectivity index is 1.43. The molecule has 2 aromatic rings. The van der Waals surface area contributed by atoms with Gasteiger partial charge in [0.2, 0.25) is 5.91 Å². The molecule has 2 aromatic carbocycles. The number of thiocarbonyl (C=S) groups is 1. The van der Waals surface area contributed by atoms with E-state index in [0.717, 1.165) is 30.7 Å². The number of nitrogens with one attached hydrogen (secondary N) is 2. The minimum atomic E-state index is -0.00494. The van der Waals surface area contributed by atoms with E-state index in [1.807, 2.05) is 42.5 Å². The maximum absolute atomic E-state index is 12.1. The van der Waals surface area contributed by atoms with Crippen LogP contribution >= 0.6 is 12.2 Å². The third-order valence-electron chi connectivity index (χ3n) is 4.80. The summed E-state index contributed by atoms with van der Waals surface area (Å²) in [6.45, 7) is 0.607. The third-order valence-corrected chi connectivity index (χ3v) is 5.00. The molecular formula is C22H26N2O2S. The Bertz CT molecular complexity index is 758. The maximum atomic E-state index is 12.1. The molecule has 27 heavy (non-hydrogen) atoms. The summed E-state index contributed by atoms with van der Waals surface area (Å²) in [6, 6.07) is 17.9. The lowest BCUT2D eigenvalue weighted by molar-refractivity contribution is -0.120. The van der Waals surface area contributed by atoms with Crippen LogP contribution in [-0.4, -0.2) is 17.6 Å². The lowest BCUT2D eigenvalue weighted by atomic mass is 10.0. The van der Waals surface area contributed by atoms with Crippen LogP contribution in [0.5, 0.6) is 5.75 Å². The molecule has 3 rings (SSSR count). The standard InChI is InChI=1S/C22H26N2O2S/c25-21(15-18-9-4-5-10-18)24-22(27)23-19-11-6-12-20(16-19)26-14-13-17-7-2-1-3-8-17/h1-3,6-8,11-12,16,18H,4-5,9-10,13-15H2,(H2,23,24,25,27). The normalized spacial score (nSPS) is 13.9. The number of hydrogen-bond donors (Lipinski definition) is 2. The molecule has 0 atom stereocenters. The number of hydrogen-bond acceptors (Lipinski definition) is 3. The highest BCUT2D eigenvalue weighted by molar-refractivity contribution is 7.80. The highest BCUT2D eigenvalue weighted by Gasteiger charge is 2.18. The molecule has 0 heterocycles. The van der Waals surface area contributed by atoms with E-state index in [4.69, 9.17) is 17.0 Å². The molecule has 1 aliphatic rings. The molecule has 0 bridgehead atoms. The summed E-state index contributed by atoms with van der Waals surface area (Å²) in [5, 5.41) is 6.18. The van der Waals surface area contributed by atoms with Gasteiger partial charge in [-0.05, 0) is 48.7 Å². The van der Waals surface area contributed by atoms with Crippen LogP contribution in [0.1, 0.15) is 37.7 Å². The molecule has 1 amide bonds. The minimum Gasteiger partial charge on any atom is -0.493 e. The number of benzene rings is 2. The molecule has 0 aromatic heterocycles. The van der Waals surface area contributed by atoms with Gasteiger partial charge < -0.3 is 15.4 Å². The lowest BCUT2D eigenvalue weighted by Gasteiger charge is -2.13. The zero-order valence-corrected chi connectivity index (χ0v) is 16.3. The summed E-state index contributed by atoms with van der Waals surface area (Å²) in [5.74, 6) is 1.28. The molecule has 2 N–H and O–H groups in total. The molecule has 0 aliphatic heterocycles. The number of anilines is 1. The number of carbonyl (C=O) groups is 1. The second kappa shape index (κ2) is 10.1. The van der Waals surface area contributed by atoms with Crippen molar-refractivity contribution >= 4 is 28.9 Å². The van der Waals surface area contributed by atoms with E-state index in [2.05, 4.69) is 22.8 Å². The Morgan fingerprint density at radius 2 is 1.85 bits per heavy atom. The zero-order chi connectivity index (χ0) is 18.9. The predicted molar refractivity (Wildman–Crippen MR) is 113 cm³/mol. The average molecular weight is 383 g/mol. The van der Waals surface area contributed by atoms with Gasteiger partial charge in [-0.3, -0.25) is 4.79 Å². The summed E-state index contributed by atoms with van der Waals surface area (Å²) in [6.07, 6.45) is 6.18.